The van der Waals surface area contributed by atoms with Gasteiger partial charge >= 0.3 is 6.61 Å². The zero-order chi connectivity index (χ0) is 21.8. The second kappa shape index (κ2) is 8.82. The highest BCUT2D eigenvalue weighted by Crippen LogP contribution is 2.29. The van der Waals surface area contributed by atoms with Gasteiger partial charge in [0.25, 0.3) is 5.91 Å². The predicted molar refractivity (Wildman–Crippen MR) is 93.9 cm³/mol. The first-order chi connectivity index (χ1) is 14.3. The maximum absolute atomic E-state index is 14.3. The minimum absolute atomic E-state index is 0.0499. The van der Waals surface area contributed by atoms with Gasteiger partial charge in [-0.1, -0.05) is 0 Å². The van der Waals surface area contributed by atoms with E-state index in [1.54, 1.807) is 0 Å². The molecule has 2 aromatic carbocycles. The quantitative estimate of drug-likeness (QED) is 0.535. The number of carbonyl (C=O) groups is 1. The maximum atomic E-state index is 14.3. The smallest absolute Gasteiger partial charge is 0.387 e. The van der Waals surface area contributed by atoms with Gasteiger partial charge in [0.1, 0.15) is 29.1 Å². The lowest BCUT2D eigenvalue weighted by molar-refractivity contribution is -0.0498. The van der Waals surface area contributed by atoms with E-state index in [1.807, 2.05) is 0 Å². The molecule has 0 aliphatic carbocycles. The molecule has 1 heterocycles. The molecular formula is C19H14F4N2O5. The first kappa shape index (κ1) is 21.1. The monoisotopic (exact) mass is 426 g/mol. The van der Waals surface area contributed by atoms with E-state index in [0.29, 0.717) is 5.56 Å². The number of alkyl halides is 2. The number of hydrogen-bond acceptors (Lipinski definition) is 6. The normalized spacial score (nSPS) is 12.1. The Hall–Kier alpha value is -3.60. The Kier molecular flexibility index (Phi) is 6.21. The largest absolute Gasteiger partial charge is 0.475 e. The van der Waals surface area contributed by atoms with E-state index in [-0.39, 0.29) is 17.3 Å². The number of aliphatic hydroxyl groups is 1. The minimum atomic E-state index is -2.96. The number of benzene rings is 2. The first-order valence-corrected chi connectivity index (χ1v) is 8.36. The second-order valence-electron chi connectivity index (χ2n) is 5.86. The minimum Gasteiger partial charge on any atom is -0.475 e. The number of hydrogen-bond donors (Lipinski definition) is 2. The van der Waals surface area contributed by atoms with Gasteiger partial charge in [0.2, 0.25) is 5.89 Å². The lowest BCUT2D eigenvalue weighted by atomic mass is 10.1. The Bertz CT molecular complexity index is 1040. The fourth-order valence-corrected chi connectivity index (χ4v) is 2.54. The molecule has 30 heavy (non-hydrogen) atoms. The third-order valence-corrected chi connectivity index (χ3v) is 3.91. The molecule has 0 aliphatic heterocycles. The number of amides is 1. The van der Waals surface area contributed by atoms with Crippen molar-refractivity contribution in [1.29, 1.82) is 0 Å². The van der Waals surface area contributed by atoms with Crippen molar-refractivity contribution in [1.82, 2.24) is 4.98 Å². The van der Waals surface area contributed by atoms with Crippen LogP contribution in [0.5, 0.6) is 11.5 Å². The summed E-state index contributed by atoms with van der Waals surface area (Å²) in [6.07, 6.45) is -0.0823. The topological polar surface area (TPSA) is 108 Å². The van der Waals surface area contributed by atoms with Crippen LogP contribution in [0.4, 0.5) is 17.6 Å². The molecule has 1 atom stereocenters. The van der Waals surface area contributed by atoms with Crippen LogP contribution in [0.25, 0.3) is 11.3 Å². The molecule has 0 radical (unpaired) electrons. The van der Waals surface area contributed by atoms with Crippen molar-refractivity contribution >= 4 is 5.91 Å². The number of oxazole rings is 1. The molecule has 1 aromatic heterocycles. The SMILES string of the molecule is NC(=O)c1c(F)ccc(OC(CO)c2nc(-c3ccc(OC(F)F)cc3)co2)c1F. The zero-order valence-electron chi connectivity index (χ0n) is 15.0. The first-order valence-electron chi connectivity index (χ1n) is 8.36. The molecule has 7 nitrogen and oxygen atoms in total. The van der Waals surface area contributed by atoms with Crippen molar-refractivity contribution < 1.29 is 41.4 Å². The molecule has 0 spiro atoms. The highest BCUT2D eigenvalue weighted by molar-refractivity contribution is 5.93. The highest BCUT2D eigenvalue weighted by atomic mass is 19.3. The van der Waals surface area contributed by atoms with Gasteiger partial charge in [-0.05, 0) is 36.4 Å². The highest BCUT2D eigenvalue weighted by Gasteiger charge is 2.24. The van der Waals surface area contributed by atoms with Crippen molar-refractivity contribution in [3.05, 3.63) is 65.7 Å². The number of primary amides is 1. The van der Waals surface area contributed by atoms with E-state index in [0.717, 1.165) is 12.1 Å². The fraction of sp³-hybridized carbons (Fsp3) is 0.158. The Morgan fingerprint density at radius 3 is 2.43 bits per heavy atom. The average Bonchev–Trinajstić information content (AvgIpc) is 3.17. The summed E-state index contributed by atoms with van der Waals surface area (Å²) in [5.41, 5.74) is 4.73. The molecule has 3 rings (SSSR count). The zero-order valence-corrected chi connectivity index (χ0v) is 15.0. The van der Waals surface area contributed by atoms with Crippen LogP contribution in [-0.2, 0) is 0 Å². The van der Waals surface area contributed by atoms with E-state index in [9.17, 15) is 27.5 Å². The van der Waals surface area contributed by atoms with Gasteiger partial charge in [0.05, 0.1) is 6.61 Å². The van der Waals surface area contributed by atoms with Gasteiger partial charge in [-0.2, -0.15) is 8.78 Å². The van der Waals surface area contributed by atoms with E-state index in [1.165, 1.54) is 30.5 Å². The predicted octanol–water partition coefficient (Wildman–Crippen LogP) is 3.43. The van der Waals surface area contributed by atoms with Gasteiger partial charge in [-0.3, -0.25) is 4.79 Å². The fourth-order valence-electron chi connectivity index (χ4n) is 2.54. The van der Waals surface area contributed by atoms with E-state index in [2.05, 4.69) is 9.72 Å². The Labute approximate surface area is 166 Å². The van der Waals surface area contributed by atoms with Crippen molar-refractivity contribution in [3.63, 3.8) is 0 Å². The van der Waals surface area contributed by atoms with Gasteiger partial charge in [0.15, 0.2) is 17.7 Å². The average molecular weight is 426 g/mol. The summed E-state index contributed by atoms with van der Waals surface area (Å²) in [5.74, 6) is -4.56. The molecule has 1 unspecified atom stereocenters. The number of carbonyl (C=O) groups excluding carboxylic acids is 1. The summed E-state index contributed by atoms with van der Waals surface area (Å²) in [6.45, 7) is -3.65. The number of halogens is 4. The van der Waals surface area contributed by atoms with Gasteiger partial charge < -0.3 is 24.7 Å². The van der Waals surface area contributed by atoms with E-state index in [4.69, 9.17) is 14.9 Å². The Morgan fingerprint density at radius 1 is 1.13 bits per heavy atom. The van der Waals surface area contributed by atoms with Crippen LogP contribution in [0.15, 0.2) is 47.1 Å². The van der Waals surface area contributed by atoms with Crippen molar-refractivity contribution in [2.45, 2.75) is 12.7 Å². The third-order valence-electron chi connectivity index (χ3n) is 3.91. The molecular weight excluding hydrogens is 412 g/mol. The molecule has 0 fully saturated rings. The van der Waals surface area contributed by atoms with Crippen LogP contribution in [0.1, 0.15) is 22.4 Å². The Morgan fingerprint density at radius 2 is 1.83 bits per heavy atom. The number of aromatic nitrogens is 1. The molecule has 11 heteroatoms. The van der Waals surface area contributed by atoms with Crippen LogP contribution in [0, 0.1) is 11.6 Å². The number of ether oxygens (including phenoxy) is 2. The Balaban J connectivity index is 1.82. The molecule has 1 amide bonds. The summed E-state index contributed by atoms with van der Waals surface area (Å²) in [5, 5.41) is 9.56. The number of rotatable bonds is 8. The molecule has 3 aromatic rings. The van der Waals surface area contributed by atoms with Crippen LogP contribution < -0.4 is 15.2 Å². The summed E-state index contributed by atoms with van der Waals surface area (Å²) >= 11 is 0. The molecule has 0 aliphatic rings. The van der Waals surface area contributed by atoms with Gasteiger partial charge in [-0.15, -0.1) is 0 Å². The molecule has 3 N–H and O–H groups in total. The summed E-state index contributed by atoms with van der Waals surface area (Å²) in [7, 11) is 0. The summed E-state index contributed by atoms with van der Waals surface area (Å²) in [4.78, 5) is 15.3. The lowest BCUT2D eigenvalue weighted by Crippen LogP contribution is -2.18. The number of aliphatic hydroxyl groups excluding tert-OH is 1. The van der Waals surface area contributed by atoms with Crippen molar-refractivity contribution in [2.24, 2.45) is 5.73 Å². The third kappa shape index (κ3) is 4.51. The molecule has 0 saturated carbocycles. The van der Waals surface area contributed by atoms with Crippen molar-refractivity contribution in [3.8, 4) is 22.8 Å². The van der Waals surface area contributed by atoms with E-state index >= 15 is 0 Å². The number of nitrogens with two attached hydrogens (primary N) is 1. The van der Waals surface area contributed by atoms with E-state index < -0.39 is 48.2 Å². The van der Waals surface area contributed by atoms with Crippen LogP contribution in [0.2, 0.25) is 0 Å². The lowest BCUT2D eigenvalue weighted by Gasteiger charge is -2.15. The molecule has 0 bridgehead atoms. The second-order valence-corrected chi connectivity index (χ2v) is 5.86. The van der Waals surface area contributed by atoms with Gasteiger partial charge in [0, 0.05) is 5.56 Å². The van der Waals surface area contributed by atoms with Crippen molar-refractivity contribution in [2.75, 3.05) is 6.61 Å². The maximum Gasteiger partial charge on any atom is 0.387 e. The number of nitrogens with zero attached hydrogens (tertiary/aromatic N) is 1. The molecule has 0 saturated heterocycles. The summed E-state index contributed by atoms with van der Waals surface area (Å²) < 4.78 is 67.1. The van der Waals surface area contributed by atoms with Crippen LogP contribution >= 0.6 is 0 Å². The van der Waals surface area contributed by atoms with Crippen LogP contribution in [-0.4, -0.2) is 29.2 Å². The summed E-state index contributed by atoms with van der Waals surface area (Å²) in [6, 6.07) is 7.21. The van der Waals surface area contributed by atoms with Gasteiger partial charge in [-0.25, -0.2) is 13.8 Å². The van der Waals surface area contributed by atoms with Crippen LogP contribution in [0.3, 0.4) is 0 Å². The standard InChI is InChI=1S/C19H14F4N2O5/c20-11-5-6-13(16(21)15(11)17(24)27)30-14(7-26)18-25-12(8-28-18)9-1-3-10(4-2-9)29-19(22)23/h1-6,8,14,19,26H,7H2,(H2,24,27). The molecule has 158 valence electrons.